The summed E-state index contributed by atoms with van der Waals surface area (Å²) in [5, 5.41) is 0.929. The zero-order valence-electron chi connectivity index (χ0n) is 12.1. The SMILES string of the molecule is COc1nccc2cc(S(=O)(=O)C3(C)C=CC(Br)=CC3)[nH]c12. The Hall–Kier alpha value is -1.60. The van der Waals surface area contributed by atoms with Gasteiger partial charge in [0, 0.05) is 16.1 Å². The Balaban J connectivity index is 2.12. The van der Waals surface area contributed by atoms with Gasteiger partial charge in [0.2, 0.25) is 15.7 Å². The lowest BCUT2D eigenvalue weighted by Crippen LogP contribution is -2.34. The molecule has 0 spiro atoms. The molecule has 7 heteroatoms. The number of hydrogen-bond donors (Lipinski definition) is 1. The summed E-state index contributed by atoms with van der Waals surface area (Å²) in [6.45, 7) is 1.72. The first-order valence-corrected chi connectivity index (χ1v) is 8.96. The molecule has 0 saturated heterocycles. The van der Waals surface area contributed by atoms with E-state index in [1.807, 2.05) is 6.08 Å². The second-order valence-corrected chi connectivity index (χ2v) is 8.66. The number of allylic oxidation sites excluding steroid dienone is 3. The molecule has 1 aliphatic carbocycles. The molecule has 5 nitrogen and oxygen atoms in total. The van der Waals surface area contributed by atoms with Crippen LogP contribution in [0.3, 0.4) is 0 Å². The van der Waals surface area contributed by atoms with Crippen molar-refractivity contribution in [3.8, 4) is 5.88 Å². The van der Waals surface area contributed by atoms with Crippen LogP contribution in [0.2, 0.25) is 0 Å². The third-order valence-electron chi connectivity index (χ3n) is 3.88. The van der Waals surface area contributed by atoms with Crippen LogP contribution < -0.4 is 4.74 Å². The fourth-order valence-electron chi connectivity index (χ4n) is 2.45. The molecule has 0 radical (unpaired) electrons. The number of nitrogens with one attached hydrogen (secondary N) is 1. The number of pyridine rings is 1. The quantitative estimate of drug-likeness (QED) is 0.883. The van der Waals surface area contributed by atoms with E-state index in [0.29, 0.717) is 17.8 Å². The smallest absolute Gasteiger partial charge is 0.238 e. The minimum atomic E-state index is -3.56. The number of H-pyrrole nitrogens is 1. The molecule has 0 bridgehead atoms. The molecule has 0 fully saturated rings. The van der Waals surface area contributed by atoms with Gasteiger partial charge in [-0.05, 0) is 25.5 Å². The summed E-state index contributed by atoms with van der Waals surface area (Å²) in [5.41, 5.74) is 0.587. The number of nitrogens with zero attached hydrogens (tertiary/aromatic N) is 1. The van der Waals surface area contributed by atoms with Gasteiger partial charge in [-0.25, -0.2) is 13.4 Å². The molecule has 116 valence electrons. The lowest BCUT2D eigenvalue weighted by molar-refractivity contribution is 0.402. The fraction of sp³-hybridized carbons (Fsp3) is 0.267. The molecule has 2 aromatic heterocycles. The number of sulfone groups is 1. The summed E-state index contributed by atoms with van der Waals surface area (Å²) in [6, 6.07) is 3.38. The number of fused-ring (bicyclic) bond motifs is 1. The number of halogens is 1. The molecule has 0 aromatic carbocycles. The Morgan fingerprint density at radius 3 is 2.86 bits per heavy atom. The van der Waals surface area contributed by atoms with E-state index >= 15 is 0 Å². The highest BCUT2D eigenvalue weighted by molar-refractivity contribution is 9.11. The highest BCUT2D eigenvalue weighted by atomic mass is 79.9. The number of aromatic amines is 1. The Labute approximate surface area is 137 Å². The van der Waals surface area contributed by atoms with Crippen molar-refractivity contribution in [2.24, 2.45) is 0 Å². The minimum absolute atomic E-state index is 0.173. The summed E-state index contributed by atoms with van der Waals surface area (Å²) in [7, 11) is -2.06. The van der Waals surface area contributed by atoms with E-state index in [4.69, 9.17) is 4.74 Å². The fourth-order valence-corrected chi connectivity index (χ4v) is 4.31. The molecular weight excluding hydrogens is 368 g/mol. The maximum absolute atomic E-state index is 13.0. The molecule has 1 atom stereocenters. The van der Waals surface area contributed by atoms with E-state index in [9.17, 15) is 8.42 Å². The summed E-state index contributed by atoms with van der Waals surface area (Å²) in [4.78, 5) is 7.03. The van der Waals surface area contributed by atoms with Crippen LogP contribution in [0, 0.1) is 0 Å². The lowest BCUT2D eigenvalue weighted by atomic mass is 10.0. The van der Waals surface area contributed by atoms with Gasteiger partial charge in [-0.2, -0.15) is 0 Å². The third-order valence-corrected chi connectivity index (χ3v) is 6.80. The van der Waals surface area contributed by atoms with Crippen molar-refractivity contribution in [1.82, 2.24) is 9.97 Å². The zero-order valence-corrected chi connectivity index (χ0v) is 14.5. The van der Waals surface area contributed by atoms with Gasteiger partial charge < -0.3 is 9.72 Å². The Bertz CT molecular complexity index is 899. The Morgan fingerprint density at radius 2 is 2.23 bits per heavy atom. The van der Waals surface area contributed by atoms with E-state index < -0.39 is 14.6 Å². The highest BCUT2D eigenvalue weighted by Crippen LogP contribution is 2.36. The first-order valence-electron chi connectivity index (χ1n) is 6.69. The maximum atomic E-state index is 13.0. The monoisotopic (exact) mass is 382 g/mol. The molecule has 0 aliphatic heterocycles. The molecule has 0 amide bonds. The largest absolute Gasteiger partial charge is 0.479 e. The van der Waals surface area contributed by atoms with Crippen LogP contribution >= 0.6 is 15.9 Å². The van der Waals surface area contributed by atoms with E-state index in [1.165, 1.54) is 7.11 Å². The predicted molar refractivity (Wildman–Crippen MR) is 89.0 cm³/mol. The van der Waals surface area contributed by atoms with Gasteiger partial charge in [-0.1, -0.05) is 34.2 Å². The van der Waals surface area contributed by atoms with E-state index in [-0.39, 0.29) is 5.03 Å². The topological polar surface area (TPSA) is 72.0 Å². The van der Waals surface area contributed by atoms with Gasteiger partial charge in [-0.3, -0.25) is 0 Å². The number of aromatic nitrogens is 2. The van der Waals surface area contributed by atoms with Gasteiger partial charge in [0.25, 0.3) is 0 Å². The standard InChI is InChI=1S/C15H15BrN2O3S/c1-15(6-3-11(16)4-7-15)22(19,20)12-9-10-5-8-17-14(21-2)13(10)18-12/h3-6,8-9,18H,7H2,1-2H3. The molecule has 22 heavy (non-hydrogen) atoms. The van der Waals surface area contributed by atoms with Crippen molar-refractivity contribution in [2.75, 3.05) is 7.11 Å². The number of hydrogen-bond acceptors (Lipinski definition) is 4. The third kappa shape index (κ3) is 2.28. The summed E-state index contributed by atoms with van der Waals surface area (Å²) < 4.78 is 31.1. The van der Waals surface area contributed by atoms with Crippen LogP contribution in [-0.2, 0) is 9.84 Å². The summed E-state index contributed by atoms with van der Waals surface area (Å²) in [5.74, 6) is 0.380. The molecule has 0 saturated carbocycles. The first-order chi connectivity index (χ1) is 10.4. The van der Waals surface area contributed by atoms with E-state index in [1.54, 1.807) is 37.4 Å². The summed E-state index contributed by atoms with van der Waals surface area (Å²) >= 11 is 3.36. The average molecular weight is 383 g/mol. The molecule has 1 aliphatic rings. The van der Waals surface area contributed by atoms with Crippen molar-refractivity contribution < 1.29 is 13.2 Å². The maximum Gasteiger partial charge on any atom is 0.238 e. The number of ether oxygens (including phenoxy) is 1. The summed E-state index contributed by atoms with van der Waals surface area (Å²) in [6.07, 6.45) is 7.35. The van der Waals surface area contributed by atoms with Gasteiger partial charge in [0.05, 0.1) is 11.9 Å². The molecule has 1 N–H and O–H groups in total. The second-order valence-electron chi connectivity index (χ2n) is 5.36. The second kappa shape index (κ2) is 5.24. The van der Waals surface area contributed by atoms with Gasteiger partial charge in [0.15, 0.2) is 0 Å². The normalized spacial score (nSPS) is 21.9. The van der Waals surface area contributed by atoms with Gasteiger partial charge in [-0.15, -0.1) is 0 Å². The van der Waals surface area contributed by atoms with Gasteiger partial charge >= 0.3 is 0 Å². The lowest BCUT2D eigenvalue weighted by Gasteiger charge is -2.26. The van der Waals surface area contributed by atoms with Crippen LogP contribution in [0.5, 0.6) is 5.88 Å². The molecule has 2 heterocycles. The van der Waals surface area contributed by atoms with Gasteiger partial charge in [0.1, 0.15) is 10.5 Å². The average Bonchev–Trinajstić information content (AvgIpc) is 2.95. The Morgan fingerprint density at radius 1 is 1.45 bits per heavy atom. The minimum Gasteiger partial charge on any atom is -0.479 e. The zero-order chi connectivity index (χ0) is 16.0. The van der Waals surface area contributed by atoms with Crippen LogP contribution in [-0.4, -0.2) is 30.2 Å². The van der Waals surface area contributed by atoms with Crippen molar-refractivity contribution in [2.45, 2.75) is 23.1 Å². The first kappa shape index (κ1) is 15.3. The van der Waals surface area contributed by atoms with Crippen molar-refractivity contribution in [1.29, 1.82) is 0 Å². The Kier molecular flexibility index (Phi) is 3.65. The number of methoxy groups -OCH3 is 1. The predicted octanol–water partition coefficient (Wildman–Crippen LogP) is 3.34. The van der Waals surface area contributed by atoms with Crippen molar-refractivity contribution in [3.05, 3.63) is 41.0 Å². The van der Waals surface area contributed by atoms with E-state index in [2.05, 4.69) is 25.9 Å². The molecule has 3 rings (SSSR count). The van der Waals surface area contributed by atoms with Crippen molar-refractivity contribution >= 4 is 36.7 Å². The van der Waals surface area contributed by atoms with Crippen LogP contribution in [0.4, 0.5) is 0 Å². The van der Waals surface area contributed by atoms with Crippen molar-refractivity contribution in [3.63, 3.8) is 0 Å². The number of rotatable bonds is 3. The van der Waals surface area contributed by atoms with E-state index in [0.717, 1.165) is 9.87 Å². The molecule has 1 unspecified atom stereocenters. The van der Waals surface area contributed by atoms with Crippen LogP contribution in [0.25, 0.3) is 10.9 Å². The van der Waals surface area contributed by atoms with Crippen LogP contribution in [0.15, 0.2) is 46.1 Å². The van der Waals surface area contributed by atoms with Crippen LogP contribution in [0.1, 0.15) is 13.3 Å². The highest BCUT2D eigenvalue weighted by Gasteiger charge is 2.39. The molecular formula is C15H15BrN2O3S. The molecule has 2 aromatic rings.